The highest BCUT2D eigenvalue weighted by atomic mass is 35.5. The summed E-state index contributed by atoms with van der Waals surface area (Å²) >= 11 is 6.11. The molecule has 0 aliphatic carbocycles. The molecular formula is C26H23ClN4O3. The van der Waals surface area contributed by atoms with Gasteiger partial charge in [0.25, 0.3) is 0 Å². The van der Waals surface area contributed by atoms with Gasteiger partial charge in [0.05, 0.1) is 11.4 Å². The van der Waals surface area contributed by atoms with Gasteiger partial charge in [-0.15, -0.1) is 0 Å². The molecule has 1 amide bonds. The number of amides is 1. The monoisotopic (exact) mass is 474 g/mol. The van der Waals surface area contributed by atoms with Crippen molar-refractivity contribution in [1.29, 1.82) is 0 Å². The Morgan fingerprint density at radius 1 is 1.06 bits per heavy atom. The van der Waals surface area contributed by atoms with E-state index in [1.165, 1.54) is 0 Å². The van der Waals surface area contributed by atoms with Crippen LogP contribution in [0.1, 0.15) is 34.9 Å². The van der Waals surface area contributed by atoms with Gasteiger partial charge in [-0.1, -0.05) is 23.7 Å². The lowest BCUT2D eigenvalue weighted by atomic mass is 10.0. The molecule has 0 spiro atoms. The molecule has 2 aliphatic rings. The van der Waals surface area contributed by atoms with Crippen molar-refractivity contribution in [2.75, 3.05) is 23.4 Å². The van der Waals surface area contributed by atoms with Gasteiger partial charge in [0, 0.05) is 35.4 Å². The van der Waals surface area contributed by atoms with Crippen LogP contribution in [-0.4, -0.2) is 30.1 Å². The van der Waals surface area contributed by atoms with Gasteiger partial charge in [-0.25, -0.2) is 4.98 Å². The minimum absolute atomic E-state index is 0.0716. The van der Waals surface area contributed by atoms with Crippen LogP contribution in [0.4, 0.5) is 11.4 Å². The number of nitrogens with zero attached hydrogens (tertiary/aromatic N) is 2. The average Bonchev–Trinajstić information content (AvgIpc) is 3.45. The van der Waals surface area contributed by atoms with Gasteiger partial charge in [0.2, 0.25) is 11.8 Å². The highest BCUT2D eigenvalue weighted by Crippen LogP contribution is 2.45. The fraction of sp³-hybridized carbons (Fsp3) is 0.231. The normalized spacial score (nSPS) is 18.1. The Kier molecular flexibility index (Phi) is 5.16. The lowest BCUT2D eigenvalue weighted by molar-refractivity contribution is 0.0834. The molecule has 0 saturated carbocycles. The number of nitrogens with two attached hydrogens (primary N) is 1. The predicted molar refractivity (Wildman–Crippen MR) is 132 cm³/mol. The molecule has 3 N–H and O–H groups in total. The second-order valence-corrected chi connectivity index (χ2v) is 9.08. The van der Waals surface area contributed by atoms with E-state index in [1.807, 2.05) is 24.3 Å². The molecule has 8 heteroatoms. The van der Waals surface area contributed by atoms with E-state index in [1.54, 1.807) is 24.3 Å². The summed E-state index contributed by atoms with van der Waals surface area (Å²) in [6, 6.07) is 19.5. The smallest absolute Gasteiger partial charge is 0.248 e. The van der Waals surface area contributed by atoms with Crippen LogP contribution in [0.15, 0.2) is 65.1 Å². The van der Waals surface area contributed by atoms with Gasteiger partial charge in [-0.3, -0.25) is 4.79 Å². The number of rotatable bonds is 4. The summed E-state index contributed by atoms with van der Waals surface area (Å²) in [5, 5.41) is 4.30. The number of carbonyl (C=O) groups is 1. The van der Waals surface area contributed by atoms with Crippen molar-refractivity contribution >= 4 is 40.0 Å². The van der Waals surface area contributed by atoms with Crippen LogP contribution in [0.2, 0.25) is 5.02 Å². The lowest BCUT2D eigenvalue weighted by Gasteiger charge is -2.37. The number of carbonyl (C=O) groups excluding carboxylic acids is 1. The van der Waals surface area contributed by atoms with Crippen molar-refractivity contribution in [2.45, 2.75) is 25.0 Å². The highest BCUT2D eigenvalue weighted by Gasteiger charge is 2.36. The van der Waals surface area contributed by atoms with Crippen molar-refractivity contribution in [1.82, 2.24) is 4.98 Å². The molecule has 1 unspecified atom stereocenters. The Hall–Kier alpha value is -3.55. The van der Waals surface area contributed by atoms with Crippen molar-refractivity contribution < 1.29 is 13.9 Å². The molecule has 1 atom stereocenters. The molecule has 0 bridgehead atoms. The van der Waals surface area contributed by atoms with Crippen molar-refractivity contribution in [3.8, 4) is 11.5 Å². The first-order valence-electron chi connectivity index (χ1n) is 11.3. The molecular weight excluding hydrogens is 452 g/mol. The van der Waals surface area contributed by atoms with Crippen molar-refractivity contribution in [3.63, 3.8) is 0 Å². The minimum atomic E-state index is -0.431. The van der Waals surface area contributed by atoms with E-state index in [0.29, 0.717) is 28.1 Å². The van der Waals surface area contributed by atoms with E-state index >= 15 is 0 Å². The molecule has 7 nitrogen and oxygen atoms in total. The van der Waals surface area contributed by atoms with E-state index in [2.05, 4.69) is 27.3 Å². The van der Waals surface area contributed by atoms with Gasteiger partial charge in [-0.2, -0.15) is 0 Å². The van der Waals surface area contributed by atoms with Crippen LogP contribution in [0.25, 0.3) is 22.6 Å². The standard InChI is InChI=1S/C26H23ClN4O3/c27-18-6-8-23-21(14-18)30-26(34-23)17-5-7-22-20(13-17)29-25(31(22)19-9-11-33-12-10-19)16-3-1-15(2-4-16)24(28)32/h1-8,13-14,19,25,29H,9-12H2,(H2,28,32). The second-order valence-electron chi connectivity index (χ2n) is 8.65. The van der Waals surface area contributed by atoms with E-state index in [9.17, 15) is 4.79 Å². The lowest BCUT2D eigenvalue weighted by Crippen LogP contribution is -2.41. The quantitative estimate of drug-likeness (QED) is 0.413. The Morgan fingerprint density at radius 3 is 2.62 bits per heavy atom. The fourth-order valence-corrected chi connectivity index (χ4v) is 5.00. The zero-order valence-electron chi connectivity index (χ0n) is 18.3. The summed E-state index contributed by atoms with van der Waals surface area (Å²) < 4.78 is 11.6. The van der Waals surface area contributed by atoms with Crippen LogP contribution in [-0.2, 0) is 4.74 Å². The van der Waals surface area contributed by atoms with Gasteiger partial charge in [-0.05, 0) is 66.9 Å². The Balaban J connectivity index is 1.38. The van der Waals surface area contributed by atoms with Crippen molar-refractivity contribution in [3.05, 3.63) is 76.8 Å². The molecule has 34 heavy (non-hydrogen) atoms. The first kappa shape index (κ1) is 21.0. The molecule has 6 rings (SSSR count). The zero-order valence-corrected chi connectivity index (χ0v) is 19.1. The molecule has 4 aromatic rings. The van der Waals surface area contributed by atoms with Crippen molar-refractivity contribution in [2.24, 2.45) is 5.73 Å². The fourth-order valence-electron chi connectivity index (χ4n) is 4.83. The third-order valence-electron chi connectivity index (χ3n) is 6.54. The SMILES string of the molecule is NC(=O)c1ccc(C2Nc3cc(-c4nc5cc(Cl)ccc5o4)ccc3N2C2CCOCC2)cc1. The van der Waals surface area contributed by atoms with Crippen LogP contribution < -0.4 is 16.0 Å². The van der Waals surface area contributed by atoms with Crippen LogP contribution in [0.5, 0.6) is 0 Å². The number of nitrogens with one attached hydrogen (secondary N) is 1. The summed E-state index contributed by atoms with van der Waals surface area (Å²) in [4.78, 5) is 18.6. The number of hydrogen-bond donors (Lipinski definition) is 2. The first-order valence-corrected chi connectivity index (χ1v) is 11.7. The number of benzene rings is 3. The topological polar surface area (TPSA) is 93.6 Å². The molecule has 3 aromatic carbocycles. The third-order valence-corrected chi connectivity index (χ3v) is 6.77. The van der Waals surface area contributed by atoms with E-state index in [-0.39, 0.29) is 6.17 Å². The average molecular weight is 475 g/mol. The Labute approximate surface area is 201 Å². The summed E-state index contributed by atoms with van der Waals surface area (Å²) in [6.07, 6.45) is 1.83. The highest BCUT2D eigenvalue weighted by molar-refractivity contribution is 6.31. The number of aromatic nitrogens is 1. The summed E-state index contributed by atoms with van der Waals surface area (Å²) in [5.74, 6) is 0.119. The Bertz CT molecular complexity index is 1380. The van der Waals surface area contributed by atoms with E-state index < -0.39 is 5.91 Å². The maximum absolute atomic E-state index is 11.5. The number of halogens is 1. The maximum Gasteiger partial charge on any atom is 0.248 e. The van der Waals surface area contributed by atoms with Crippen LogP contribution in [0.3, 0.4) is 0 Å². The minimum Gasteiger partial charge on any atom is -0.436 e. The number of hydrogen-bond acceptors (Lipinski definition) is 6. The summed E-state index contributed by atoms with van der Waals surface area (Å²) in [5.41, 5.74) is 11.4. The van der Waals surface area contributed by atoms with Crippen LogP contribution >= 0.6 is 11.6 Å². The summed E-state index contributed by atoms with van der Waals surface area (Å²) in [6.45, 7) is 1.49. The zero-order chi connectivity index (χ0) is 23.2. The number of anilines is 2. The number of primary amides is 1. The molecule has 0 radical (unpaired) electrons. The second kappa shape index (κ2) is 8.34. The van der Waals surface area contributed by atoms with E-state index in [0.717, 1.165) is 54.1 Å². The van der Waals surface area contributed by atoms with Gasteiger partial charge in [0.15, 0.2) is 5.58 Å². The van der Waals surface area contributed by atoms with Gasteiger partial charge < -0.3 is 25.1 Å². The van der Waals surface area contributed by atoms with E-state index in [4.69, 9.17) is 26.5 Å². The molecule has 172 valence electrons. The Morgan fingerprint density at radius 2 is 1.85 bits per heavy atom. The first-order chi connectivity index (χ1) is 16.6. The largest absolute Gasteiger partial charge is 0.436 e. The molecule has 3 heterocycles. The maximum atomic E-state index is 11.5. The third kappa shape index (κ3) is 3.67. The number of ether oxygens (including phenoxy) is 1. The van der Waals surface area contributed by atoms with Crippen LogP contribution in [0, 0.1) is 0 Å². The van der Waals surface area contributed by atoms with Gasteiger partial charge >= 0.3 is 0 Å². The molecule has 1 saturated heterocycles. The number of oxazole rings is 1. The predicted octanol–water partition coefficient (Wildman–Crippen LogP) is 5.36. The molecule has 1 aromatic heterocycles. The van der Waals surface area contributed by atoms with Gasteiger partial charge in [0.1, 0.15) is 11.7 Å². The summed E-state index contributed by atoms with van der Waals surface area (Å²) in [7, 11) is 0. The molecule has 1 fully saturated rings. The molecule has 2 aliphatic heterocycles. The number of fused-ring (bicyclic) bond motifs is 2.